The molecule has 1 aliphatic rings. The normalized spacial score (nSPS) is 18.1. The summed E-state index contributed by atoms with van der Waals surface area (Å²) in [5.41, 5.74) is 3.81. The van der Waals surface area contributed by atoms with Crippen molar-refractivity contribution < 1.29 is 9.53 Å². The van der Waals surface area contributed by atoms with Crippen LogP contribution in [0, 0.1) is 6.92 Å². The molecule has 7 nitrogen and oxygen atoms in total. The number of thioether (sulfide) groups is 2. The monoisotopic (exact) mass is 499 g/mol. The fraction of sp³-hybridized carbons (Fsp3) is 0.391. The van der Waals surface area contributed by atoms with Crippen LogP contribution < -0.4 is 5.32 Å². The second-order valence-electron chi connectivity index (χ2n) is 8.40. The van der Waals surface area contributed by atoms with E-state index >= 15 is 0 Å². The lowest BCUT2D eigenvalue weighted by atomic mass is 9.90. The van der Waals surface area contributed by atoms with Gasteiger partial charge in [0.1, 0.15) is 4.83 Å². The summed E-state index contributed by atoms with van der Waals surface area (Å²) < 4.78 is 8.14. The smallest absolute Gasteiger partial charge is 0.234 e. The highest BCUT2D eigenvalue weighted by atomic mass is 32.2. The average molecular weight is 500 g/mol. The molecule has 4 heterocycles. The molecule has 1 aliphatic heterocycles. The number of carbonyl (C=O) groups is 1. The van der Waals surface area contributed by atoms with Crippen molar-refractivity contribution in [1.82, 2.24) is 19.6 Å². The molecule has 10 heteroatoms. The van der Waals surface area contributed by atoms with Gasteiger partial charge in [0.25, 0.3) is 0 Å². The van der Waals surface area contributed by atoms with Gasteiger partial charge >= 0.3 is 0 Å². The number of fused-ring (bicyclic) bond motifs is 5. The number of aromatic nitrogens is 4. The molecule has 1 atom stereocenters. The Morgan fingerprint density at radius 1 is 1.33 bits per heavy atom. The fourth-order valence-corrected chi connectivity index (χ4v) is 6.51. The molecule has 0 radical (unpaired) electrons. The highest BCUT2D eigenvalue weighted by Crippen LogP contribution is 2.42. The Hall–Kier alpha value is -2.14. The summed E-state index contributed by atoms with van der Waals surface area (Å²) in [6.07, 6.45) is 3.78. The Bertz CT molecular complexity index is 1370. The van der Waals surface area contributed by atoms with Crippen LogP contribution in [0.15, 0.2) is 34.6 Å². The molecule has 172 valence electrons. The molecular formula is C23H25N5O2S3. The Kier molecular flexibility index (Phi) is 6.11. The zero-order valence-electron chi connectivity index (χ0n) is 19.0. The number of rotatable bonds is 6. The molecule has 5 rings (SSSR count). The molecule has 0 fully saturated rings. The van der Waals surface area contributed by atoms with Gasteiger partial charge in [-0.15, -0.1) is 21.5 Å². The first-order chi connectivity index (χ1) is 15.9. The number of carbonyl (C=O) groups excluding carboxylic acids is 1. The Morgan fingerprint density at radius 3 is 2.94 bits per heavy atom. The Labute approximate surface area is 204 Å². The van der Waals surface area contributed by atoms with Crippen molar-refractivity contribution >= 4 is 62.3 Å². The van der Waals surface area contributed by atoms with Crippen LogP contribution in [0.3, 0.4) is 0 Å². The van der Waals surface area contributed by atoms with E-state index in [1.165, 1.54) is 22.2 Å². The minimum Gasteiger partial charge on any atom is -0.369 e. The van der Waals surface area contributed by atoms with Crippen LogP contribution in [0.5, 0.6) is 0 Å². The molecule has 33 heavy (non-hydrogen) atoms. The molecule has 1 unspecified atom stereocenters. The van der Waals surface area contributed by atoms with Crippen LogP contribution in [-0.4, -0.2) is 43.1 Å². The molecule has 1 N–H and O–H groups in total. The number of amides is 1. The third-order valence-corrected chi connectivity index (χ3v) is 8.65. The van der Waals surface area contributed by atoms with Crippen molar-refractivity contribution in [1.29, 1.82) is 0 Å². The number of nitrogens with one attached hydrogen (secondary N) is 1. The highest BCUT2D eigenvalue weighted by molar-refractivity contribution is 8.00. The third kappa shape index (κ3) is 4.25. The third-order valence-electron chi connectivity index (χ3n) is 5.98. The van der Waals surface area contributed by atoms with Crippen molar-refractivity contribution in [2.45, 2.75) is 56.1 Å². The zero-order chi connectivity index (χ0) is 23.2. The molecule has 0 bridgehead atoms. The fourth-order valence-electron chi connectivity index (χ4n) is 4.02. The number of thiophene rings is 1. The van der Waals surface area contributed by atoms with Crippen molar-refractivity contribution in [3.8, 4) is 0 Å². The second kappa shape index (κ2) is 8.90. The Morgan fingerprint density at radius 2 is 2.18 bits per heavy atom. The van der Waals surface area contributed by atoms with Crippen LogP contribution in [0.4, 0.5) is 5.69 Å². The van der Waals surface area contributed by atoms with Crippen LogP contribution in [0.25, 0.3) is 15.9 Å². The number of aryl methyl sites for hydroxylation is 1. The van der Waals surface area contributed by atoms with E-state index in [4.69, 9.17) is 9.72 Å². The summed E-state index contributed by atoms with van der Waals surface area (Å²) in [5.74, 6) is 0.162. The first-order valence-electron chi connectivity index (χ1n) is 10.8. The molecule has 0 saturated heterocycles. The van der Waals surface area contributed by atoms with Crippen LogP contribution >= 0.6 is 34.9 Å². The summed E-state index contributed by atoms with van der Waals surface area (Å²) in [6, 6.07) is 7.78. The van der Waals surface area contributed by atoms with E-state index in [0.717, 1.165) is 45.1 Å². The number of hydrogen-bond acceptors (Lipinski definition) is 8. The van der Waals surface area contributed by atoms with Gasteiger partial charge in [-0.2, -0.15) is 0 Å². The Balaban J connectivity index is 1.47. The minimum absolute atomic E-state index is 0.0779. The predicted molar refractivity (Wildman–Crippen MR) is 136 cm³/mol. The zero-order valence-corrected chi connectivity index (χ0v) is 21.4. The van der Waals surface area contributed by atoms with Gasteiger partial charge in [-0.1, -0.05) is 42.6 Å². The average Bonchev–Trinajstić information content (AvgIpc) is 3.38. The van der Waals surface area contributed by atoms with E-state index in [0.29, 0.717) is 11.8 Å². The van der Waals surface area contributed by atoms with Gasteiger partial charge in [-0.3, -0.25) is 4.79 Å². The van der Waals surface area contributed by atoms with Crippen LogP contribution in [0.2, 0.25) is 0 Å². The summed E-state index contributed by atoms with van der Waals surface area (Å²) >= 11 is 4.61. The number of nitrogens with zero attached hydrogens (tertiary/aromatic N) is 4. The molecule has 0 aliphatic carbocycles. The number of anilines is 1. The van der Waals surface area contributed by atoms with E-state index in [9.17, 15) is 4.79 Å². The highest BCUT2D eigenvalue weighted by Gasteiger charge is 2.33. The van der Waals surface area contributed by atoms with Gasteiger partial charge in [0.05, 0.1) is 23.3 Å². The van der Waals surface area contributed by atoms with Crippen molar-refractivity contribution in [3.63, 3.8) is 0 Å². The first-order valence-corrected chi connectivity index (χ1v) is 13.8. The maximum absolute atomic E-state index is 12.6. The largest absolute Gasteiger partial charge is 0.369 e. The van der Waals surface area contributed by atoms with E-state index in [2.05, 4.69) is 29.4 Å². The summed E-state index contributed by atoms with van der Waals surface area (Å²) in [6.45, 7) is 6.93. The topological polar surface area (TPSA) is 81.4 Å². The van der Waals surface area contributed by atoms with E-state index in [1.54, 1.807) is 23.1 Å². The lowest BCUT2D eigenvalue weighted by molar-refractivity contribution is -0.113. The predicted octanol–water partition coefficient (Wildman–Crippen LogP) is 5.34. The molecule has 1 amide bonds. The van der Waals surface area contributed by atoms with Crippen molar-refractivity contribution in [2.75, 3.05) is 17.3 Å². The summed E-state index contributed by atoms with van der Waals surface area (Å²) in [7, 11) is 0. The van der Waals surface area contributed by atoms with Gasteiger partial charge < -0.3 is 10.1 Å². The second-order valence-corrected chi connectivity index (χ2v) is 11.2. The summed E-state index contributed by atoms with van der Waals surface area (Å²) in [4.78, 5) is 19.7. The van der Waals surface area contributed by atoms with Gasteiger partial charge in [-0.05, 0) is 49.8 Å². The molecule has 3 aromatic heterocycles. The van der Waals surface area contributed by atoms with E-state index in [-0.39, 0.29) is 17.3 Å². The lowest BCUT2D eigenvalue weighted by Gasteiger charge is -2.32. The number of benzene rings is 1. The van der Waals surface area contributed by atoms with Crippen LogP contribution in [0.1, 0.15) is 36.3 Å². The summed E-state index contributed by atoms with van der Waals surface area (Å²) in [5, 5.41) is 14.5. The van der Waals surface area contributed by atoms with Gasteiger partial charge in [0, 0.05) is 17.0 Å². The van der Waals surface area contributed by atoms with E-state index in [1.807, 2.05) is 41.8 Å². The maximum Gasteiger partial charge on any atom is 0.234 e. The number of hydrogen-bond donors (Lipinski definition) is 1. The quantitative estimate of drug-likeness (QED) is 0.283. The molecule has 4 aromatic rings. The van der Waals surface area contributed by atoms with Gasteiger partial charge in [-0.25, -0.2) is 9.38 Å². The standard InChI is InChI=1S/C23H25N5O2S3/c1-5-23(3)10-15-16(11-30-23)33-20-18(15)19-26-27-22(28(19)21(25-20)31-4)32-12-17(29)24-14-8-6-7-13(2)9-14/h6-9H,5,10-12H2,1-4H3,(H,24,29). The minimum atomic E-state index is -0.179. The van der Waals surface area contributed by atoms with Gasteiger partial charge in [0.2, 0.25) is 5.91 Å². The molecule has 0 spiro atoms. The van der Waals surface area contributed by atoms with E-state index < -0.39 is 0 Å². The first kappa shape index (κ1) is 22.6. The number of ether oxygens (including phenoxy) is 1. The van der Waals surface area contributed by atoms with Crippen molar-refractivity contribution in [3.05, 3.63) is 40.3 Å². The molecular weight excluding hydrogens is 474 g/mol. The molecule has 1 aromatic carbocycles. The SMILES string of the molecule is CCC1(C)Cc2c(sc3nc(SC)n4c(SCC(=O)Nc5cccc(C)c5)nnc4c23)CO1. The maximum atomic E-state index is 12.6. The molecule has 0 saturated carbocycles. The van der Waals surface area contributed by atoms with Crippen molar-refractivity contribution in [2.24, 2.45) is 0 Å². The van der Waals surface area contributed by atoms with Crippen LogP contribution in [-0.2, 0) is 22.6 Å². The van der Waals surface area contributed by atoms with Gasteiger partial charge in [0.15, 0.2) is 16.0 Å². The lowest BCUT2D eigenvalue weighted by Crippen LogP contribution is -2.33.